The molecule has 0 spiro atoms. The fourth-order valence-electron chi connectivity index (χ4n) is 1.24. The number of hydrogen-bond donors (Lipinski definition) is 1. The van der Waals surface area contributed by atoms with E-state index in [0.29, 0.717) is 0 Å². The molecule has 10 heteroatoms. The smallest absolute Gasteiger partial charge is 0.392 e. The average molecular weight is 338 g/mol. The molecule has 1 rings (SSSR count). The van der Waals surface area contributed by atoms with Crippen molar-refractivity contribution in [3.05, 3.63) is 29.8 Å². The van der Waals surface area contributed by atoms with Crippen LogP contribution >= 0.6 is 11.6 Å². The van der Waals surface area contributed by atoms with Crippen molar-refractivity contribution in [1.82, 2.24) is 0 Å². The van der Waals surface area contributed by atoms with E-state index in [-0.39, 0.29) is 5.56 Å². The molecule has 0 bridgehead atoms. The van der Waals surface area contributed by atoms with E-state index in [2.05, 4.69) is 4.99 Å². The molecular weight excluding hydrogens is 331 g/mol. The van der Waals surface area contributed by atoms with E-state index < -0.39 is 35.5 Å². The van der Waals surface area contributed by atoms with Crippen LogP contribution in [0.1, 0.15) is 5.56 Å². The summed E-state index contributed by atoms with van der Waals surface area (Å²) in [6, 6.07) is 4.86. The number of rotatable bonds is 4. The summed E-state index contributed by atoms with van der Waals surface area (Å²) in [5.41, 5.74) is -0.510. The zero-order chi connectivity index (χ0) is 16.5. The van der Waals surface area contributed by atoms with Crippen LogP contribution in [0.25, 0.3) is 0 Å². The lowest BCUT2D eigenvalue weighted by molar-refractivity contribution is -0.335. The van der Waals surface area contributed by atoms with Crippen molar-refractivity contribution in [3.63, 3.8) is 0 Å². The molecule has 0 unspecified atom stereocenters. The van der Waals surface area contributed by atoms with Crippen LogP contribution in [-0.4, -0.2) is 28.3 Å². The number of para-hydroxylation sites is 1. The molecule has 0 aliphatic heterocycles. The summed E-state index contributed by atoms with van der Waals surface area (Å²) in [6.45, 7) is -0.689. The van der Waals surface area contributed by atoms with Crippen molar-refractivity contribution < 1.29 is 35.8 Å². The highest BCUT2D eigenvalue weighted by molar-refractivity contribution is 6.67. The Balaban J connectivity index is 3.28. The molecule has 0 amide bonds. The summed E-state index contributed by atoms with van der Waals surface area (Å²) >= 11 is 4.86. The van der Waals surface area contributed by atoms with Crippen LogP contribution in [0.5, 0.6) is 0 Å². The molecule has 21 heavy (non-hydrogen) atoms. The number of hydrogen-bond acceptors (Lipinski definition) is 2. The van der Waals surface area contributed by atoms with Crippen molar-refractivity contribution in [3.8, 4) is 0 Å². The lowest BCUT2D eigenvalue weighted by atomic mass is 10.1. The van der Waals surface area contributed by atoms with Crippen molar-refractivity contribution >= 4 is 22.5 Å². The molecule has 0 atom stereocenters. The summed E-state index contributed by atoms with van der Waals surface area (Å²) in [5.74, 6) is -12.1. The topological polar surface area (TPSA) is 32.6 Å². The Bertz CT molecular complexity index is 542. The minimum absolute atomic E-state index is 0.0678. The van der Waals surface area contributed by atoms with E-state index in [4.69, 9.17) is 16.7 Å². The van der Waals surface area contributed by atoms with Gasteiger partial charge in [-0.25, -0.2) is 4.99 Å². The van der Waals surface area contributed by atoms with E-state index in [9.17, 15) is 30.7 Å². The van der Waals surface area contributed by atoms with E-state index in [1.807, 2.05) is 0 Å². The van der Waals surface area contributed by atoms with Gasteiger partial charge < -0.3 is 5.11 Å². The van der Waals surface area contributed by atoms with Crippen molar-refractivity contribution in [2.24, 2.45) is 4.99 Å². The molecule has 1 aromatic rings. The fraction of sp³-hybridized carbons (Fsp3) is 0.364. The first-order valence-corrected chi connectivity index (χ1v) is 5.58. The maximum atomic E-state index is 13.2. The van der Waals surface area contributed by atoms with Gasteiger partial charge in [0.25, 0.3) is 0 Å². The largest absolute Gasteiger partial charge is 0.460 e. The minimum atomic E-state index is -6.50. The van der Waals surface area contributed by atoms with E-state index >= 15 is 0 Å². The molecule has 0 saturated heterocycles. The first-order chi connectivity index (χ1) is 9.45. The Morgan fingerprint density at radius 3 is 2.05 bits per heavy atom. The zero-order valence-electron chi connectivity index (χ0n) is 9.93. The van der Waals surface area contributed by atoms with Crippen LogP contribution in [0.4, 0.5) is 36.4 Å². The Labute approximate surface area is 118 Å². The highest BCUT2D eigenvalue weighted by Crippen LogP contribution is 2.48. The Morgan fingerprint density at radius 1 is 1.05 bits per heavy atom. The Morgan fingerprint density at radius 2 is 1.57 bits per heavy atom. The van der Waals surface area contributed by atoms with Gasteiger partial charge in [0.05, 0.1) is 12.3 Å². The van der Waals surface area contributed by atoms with Gasteiger partial charge in [-0.3, -0.25) is 0 Å². The maximum Gasteiger partial charge on any atom is 0.460 e. The summed E-state index contributed by atoms with van der Waals surface area (Å²) < 4.78 is 87.9. The third-order valence-electron chi connectivity index (χ3n) is 2.39. The molecule has 118 valence electrons. The molecule has 0 aliphatic carbocycles. The standard InChI is InChI=1S/C11H7ClF7NO/c12-8(9(13,14)10(15,16)11(17,18)19)20-7-4-2-1-3-6(7)5-21/h1-4,21H,5H2. The summed E-state index contributed by atoms with van der Waals surface area (Å²) in [4.78, 5) is 2.87. The van der Waals surface area contributed by atoms with Gasteiger partial charge in [-0.05, 0) is 6.07 Å². The minimum Gasteiger partial charge on any atom is -0.392 e. The van der Waals surface area contributed by atoms with Crippen LogP contribution in [0.15, 0.2) is 29.3 Å². The van der Waals surface area contributed by atoms with Gasteiger partial charge in [0.15, 0.2) is 5.17 Å². The SMILES string of the molecule is OCc1ccccc1N=C(Cl)C(F)(F)C(F)(F)C(F)(F)F. The molecule has 0 fully saturated rings. The van der Waals surface area contributed by atoms with Gasteiger partial charge in [0, 0.05) is 5.56 Å². The predicted octanol–water partition coefficient (Wildman–Crippen LogP) is 4.28. The van der Waals surface area contributed by atoms with Gasteiger partial charge in [-0.2, -0.15) is 30.7 Å². The molecule has 0 heterocycles. The van der Waals surface area contributed by atoms with Crippen LogP contribution in [0.3, 0.4) is 0 Å². The molecular formula is C11H7ClF7NO. The third kappa shape index (κ3) is 3.29. The second-order valence-corrected chi connectivity index (χ2v) is 4.19. The van der Waals surface area contributed by atoms with E-state index in [1.54, 1.807) is 0 Å². The summed E-state index contributed by atoms with van der Waals surface area (Å²) in [6.07, 6.45) is -6.50. The highest BCUT2D eigenvalue weighted by atomic mass is 35.5. The van der Waals surface area contributed by atoms with Gasteiger partial charge in [-0.1, -0.05) is 29.8 Å². The van der Waals surface area contributed by atoms with E-state index in [1.165, 1.54) is 18.2 Å². The van der Waals surface area contributed by atoms with E-state index in [0.717, 1.165) is 6.07 Å². The molecule has 0 aliphatic rings. The van der Waals surface area contributed by atoms with Crippen molar-refractivity contribution in [2.45, 2.75) is 24.6 Å². The molecule has 0 radical (unpaired) electrons. The van der Waals surface area contributed by atoms with Crippen LogP contribution in [-0.2, 0) is 6.61 Å². The highest BCUT2D eigenvalue weighted by Gasteiger charge is 2.75. The Hall–Kier alpha value is -1.35. The summed E-state index contributed by atoms with van der Waals surface area (Å²) in [5, 5.41) is 6.66. The molecule has 1 aromatic carbocycles. The van der Waals surface area contributed by atoms with Gasteiger partial charge in [0.1, 0.15) is 0 Å². The van der Waals surface area contributed by atoms with Gasteiger partial charge in [0.2, 0.25) is 0 Å². The Kier molecular flexibility index (Phi) is 4.89. The molecule has 0 saturated carbocycles. The van der Waals surface area contributed by atoms with Crippen LogP contribution < -0.4 is 0 Å². The quantitative estimate of drug-likeness (QED) is 0.645. The monoisotopic (exact) mass is 337 g/mol. The van der Waals surface area contributed by atoms with Crippen LogP contribution in [0, 0.1) is 0 Å². The lowest BCUT2D eigenvalue weighted by Crippen LogP contribution is -2.54. The number of aliphatic hydroxyl groups is 1. The number of alkyl halides is 7. The molecule has 2 nitrogen and oxygen atoms in total. The van der Waals surface area contributed by atoms with Crippen molar-refractivity contribution in [1.29, 1.82) is 0 Å². The number of aliphatic imine (C=N–C) groups is 1. The van der Waals surface area contributed by atoms with Crippen molar-refractivity contribution in [2.75, 3.05) is 0 Å². The van der Waals surface area contributed by atoms with Gasteiger partial charge in [-0.15, -0.1) is 0 Å². The number of aliphatic hydroxyl groups excluding tert-OH is 1. The third-order valence-corrected chi connectivity index (χ3v) is 2.71. The number of nitrogens with zero attached hydrogens (tertiary/aromatic N) is 1. The second-order valence-electron chi connectivity index (χ2n) is 3.84. The number of benzene rings is 1. The fourth-order valence-corrected chi connectivity index (χ4v) is 1.45. The zero-order valence-corrected chi connectivity index (χ0v) is 10.7. The lowest BCUT2D eigenvalue weighted by Gasteiger charge is -2.27. The molecule has 0 aromatic heterocycles. The number of halogens is 8. The first-order valence-electron chi connectivity index (χ1n) is 5.21. The average Bonchev–Trinajstić information content (AvgIpc) is 2.37. The molecule has 1 N–H and O–H groups in total. The maximum absolute atomic E-state index is 13.2. The normalized spacial score (nSPS) is 14.4. The van der Waals surface area contributed by atoms with Crippen LogP contribution in [0.2, 0.25) is 0 Å². The second kappa shape index (κ2) is 5.80. The predicted molar refractivity (Wildman–Crippen MR) is 61.3 cm³/mol. The summed E-state index contributed by atoms with van der Waals surface area (Å²) in [7, 11) is 0. The first kappa shape index (κ1) is 17.7. The van der Waals surface area contributed by atoms with Gasteiger partial charge >= 0.3 is 18.0 Å².